The van der Waals surface area contributed by atoms with Crippen LogP contribution < -0.4 is 5.32 Å². The van der Waals surface area contributed by atoms with Gasteiger partial charge in [-0.05, 0) is 31.8 Å². The van der Waals surface area contributed by atoms with Crippen molar-refractivity contribution in [1.82, 2.24) is 20.7 Å². The topological polar surface area (TPSA) is 53.6 Å². The molecule has 2 heterocycles. The smallest absolute Gasteiger partial charge is 0.0891 e. The van der Waals surface area contributed by atoms with E-state index in [4.69, 9.17) is 0 Å². The first-order chi connectivity index (χ1) is 5.88. The summed E-state index contributed by atoms with van der Waals surface area (Å²) in [5.41, 5.74) is 2.28. The Kier molecular flexibility index (Phi) is 1.14. The Hall–Kier alpha value is -0.900. The summed E-state index contributed by atoms with van der Waals surface area (Å²) >= 11 is 0. The van der Waals surface area contributed by atoms with Crippen molar-refractivity contribution in [3.05, 3.63) is 11.4 Å². The van der Waals surface area contributed by atoms with Gasteiger partial charge in [0.05, 0.1) is 11.4 Å². The lowest BCUT2D eigenvalue weighted by molar-refractivity contribution is 0.671. The molecule has 1 unspecified atom stereocenters. The molecule has 1 saturated carbocycles. The van der Waals surface area contributed by atoms with Crippen LogP contribution in [-0.2, 0) is 0 Å². The predicted molar refractivity (Wildman–Crippen MR) is 43.7 cm³/mol. The first-order valence-electron chi connectivity index (χ1n) is 4.46. The molecule has 0 spiro atoms. The van der Waals surface area contributed by atoms with Crippen molar-refractivity contribution in [1.29, 1.82) is 0 Å². The van der Waals surface area contributed by atoms with Gasteiger partial charge in [-0.1, -0.05) is 0 Å². The Morgan fingerprint density at radius 3 is 2.58 bits per heavy atom. The first kappa shape index (κ1) is 6.60. The highest BCUT2D eigenvalue weighted by atomic mass is 15.3. The minimum Gasteiger partial charge on any atom is -0.316 e. The second-order valence-electron chi connectivity index (χ2n) is 3.81. The standard InChI is InChI=1S/C8H12N4/c1-4-8(11-12-10-4)7-5-2-9-3-6(5)7/h5-7,9H,2-3H2,1H3,(H,10,11,12)/t5-,6+,7?. The minimum atomic E-state index is 0.699. The van der Waals surface area contributed by atoms with Gasteiger partial charge in [0.1, 0.15) is 0 Å². The van der Waals surface area contributed by atoms with Crippen molar-refractivity contribution in [3.8, 4) is 0 Å². The van der Waals surface area contributed by atoms with Crippen molar-refractivity contribution >= 4 is 0 Å². The summed E-state index contributed by atoms with van der Waals surface area (Å²) in [7, 11) is 0. The van der Waals surface area contributed by atoms with Gasteiger partial charge in [0.25, 0.3) is 0 Å². The van der Waals surface area contributed by atoms with Crippen molar-refractivity contribution in [2.45, 2.75) is 12.8 Å². The van der Waals surface area contributed by atoms with E-state index in [-0.39, 0.29) is 0 Å². The third-order valence-corrected chi connectivity index (χ3v) is 3.17. The Morgan fingerprint density at radius 1 is 1.25 bits per heavy atom. The normalized spacial score (nSPS) is 38.2. The van der Waals surface area contributed by atoms with E-state index in [0.29, 0.717) is 5.92 Å². The summed E-state index contributed by atoms with van der Waals surface area (Å²) in [6, 6.07) is 0. The molecule has 1 aliphatic heterocycles. The van der Waals surface area contributed by atoms with E-state index in [0.717, 1.165) is 17.5 Å². The van der Waals surface area contributed by atoms with Gasteiger partial charge in [-0.3, -0.25) is 0 Å². The van der Waals surface area contributed by atoms with E-state index >= 15 is 0 Å². The van der Waals surface area contributed by atoms with Crippen molar-refractivity contribution in [3.63, 3.8) is 0 Å². The van der Waals surface area contributed by atoms with Crippen LogP contribution in [0.2, 0.25) is 0 Å². The maximum absolute atomic E-state index is 4.20. The monoisotopic (exact) mass is 164 g/mol. The van der Waals surface area contributed by atoms with Crippen LogP contribution in [0.3, 0.4) is 0 Å². The maximum atomic E-state index is 4.20. The number of fused-ring (bicyclic) bond motifs is 1. The van der Waals surface area contributed by atoms with Gasteiger partial charge in [0, 0.05) is 5.92 Å². The fourth-order valence-electron chi connectivity index (χ4n) is 2.43. The number of nitrogens with one attached hydrogen (secondary N) is 2. The molecule has 1 aromatic heterocycles. The molecule has 3 atom stereocenters. The summed E-state index contributed by atoms with van der Waals surface area (Å²) in [5.74, 6) is 2.38. The van der Waals surface area contributed by atoms with E-state index < -0.39 is 0 Å². The molecule has 0 radical (unpaired) electrons. The molecular formula is C8H12N4. The fraction of sp³-hybridized carbons (Fsp3) is 0.750. The number of aromatic amines is 1. The molecule has 0 bridgehead atoms. The SMILES string of the molecule is Cc1n[nH]nc1C1[C@H]2CNC[C@@H]12. The molecule has 12 heavy (non-hydrogen) atoms. The molecule has 0 aromatic carbocycles. The molecule has 3 rings (SSSR count). The van der Waals surface area contributed by atoms with Crippen LogP contribution in [0, 0.1) is 18.8 Å². The Balaban J connectivity index is 1.89. The fourth-order valence-corrected chi connectivity index (χ4v) is 2.43. The summed E-state index contributed by atoms with van der Waals surface area (Å²) < 4.78 is 0. The van der Waals surface area contributed by atoms with Crippen molar-refractivity contribution < 1.29 is 0 Å². The molecule has 1 aliphatic carbocycles. The third kappa shape index (κ3) is 0.705. The summed E-state index contributed by atoms with van der Waals surface area (Å²) in [6.45, 7) is 4.36. The van der Waals surface area contributed by atoms with Crippen LogP contribution >= 0.6 is 0 Å². The lowest BCUT2D eigenvalue weighted by Gasteiger charge is -2.00. The molecular weight excluding hydrogens is 152 g/mol. The molecule has 4 nitrogen and oxygen atoms in total. The Morgan fingerprint density at radius 2 is 2.00 bits per heavy atom. The van der Waals surface area contributed by atoms with Crippen molar-refractivity contribution in [2.24, 2.45) is 11.8 Å². The zero-order valence-corrected chi connectivity index (χ0v) is 7.04. The van der Waals surface area contributed by atoms with Gasteiger partial charge in [0.2, 0.25) is 0 Å². The number of hydrogen-bond donors (Lipinski definition) is 2. The summed E-state index contributed by atoms with van der Waals surface area (Å²) in [6.07, 6.45) is 0. The van der Waals surface area contributed by atoms with Crippen LogP contribution in [-0.4, -0.2) is 28.5 Å². The number of rotatable bonds is 1. The van der Waals surface area contributed by atoms with E-state index in [1.807, 2.05) is 6.92 Å². The van der Waals surface area contributed by atoms with Crippen LogP contribution in [0.15, 0.2) is 0 Å². The van der Waals surface area contributed by atoms with Gasteiger partial charge in [-0.2, -0.15) is 15.4 Å². The molecule has 1 saturated heterocycles. The predicted octanol–water partition coefficient (Wildman–Crippen LogP) is 0.0459. The highest BCUT2D eigenvalue weighted by molar-refractivity contribution is 5.26. The summed E-state index contributed by atoms with van der Waals surface area (Å²) in [4.78, 5) is 0. The zero-order chi connectivity index (χ0) is 8.13. The number of H-pyrrole nitrogens is 1. The Bertz CT molecular complexity index is 296. The number of nitrogens with zero attached hydrogens (tertiary/aromatic N) is 2. The lowest BCUT2D eigenvalue weighted by Crippen LogP contribution is -2.14. The second kappa shape index (κ2) is 2.07. The highest BCUT2D eigenvalue weighted by Crippen LogP contribution is 2.55. The zero-order valence-electron chi connectivity index (χ0n) is 7.04. The second-order valence-corrected chi connectivity index (χ2v) is 3.81. The van der Waals surface area contributed by atoms with Crippen molar-refractivity contribution in [2.75, 3.05) is 13.1 Å². The largest absolute Gasteiger partial charge is 0.316 e. The van der Waals surface area contributed by atoms with Crippen LogP contribution in [0.5, 0.6) is 0 Å². The van der Waals surface area contributed by atoms with Gasteiger partial charge in [-0.15, -0.1) is 0 Å². The van der Waals surface area contributed by atoms with Gasteiger partial charge in [-0.25, -0.2) is 0 Å². The third-order valence-electron chi connectivity index (χ3n) is 3.17. The molecule has 4 heteroatoms. The molecule has 64 valence electrons. The molecule has 1 aromatic rings. The van der Waals surface area contributed by atoms with Gasteiger partial charge < -0.3 is 5.32 Å². The van der Waals surface area contributed by atoms with Crippen LogP contribution in [0.25, 0.3) is 0 Å². The number of hydrogen-bond acceptors (Lipinski definition) is 3. The minimum absolute atomic E-state index is 0.699. The summed E-state index contributed by atoms with van der Waals surface area (Å²) in [5, 5.41) is 14.3. The number of aromatic nitrogens is 3. The average Bonchev–Trinajstić information content (AvgIpc) is 2.56. The molecule has 2 aliphatic rings. The Labute approximate surface area is 70.7 Å². The molecule has 0 amide bonds. The van der Waals surface area contributed by atoms with Gasteiger partial charge >= 0.3 is 0 Å². The number of piperidine rings is 1. The quantitative estimate of drug-likeness (QED) is 0.616. The van der Waals surface area contributed by atoms with E-state index in [1.165, 1.54) is 18.8 Å². The molecule has 2 fully saturated rings. The maximum Gasteiger partial charge on any atom is 0.0891 e. The van der Waals surface area contributed by atoms with Crippen LogP contribution in [0.1, 0.15) is 17.3 Å². The van der Waals surface area contributed by atoms with E-state index in [9.17, 15) is 0 Å². The average molecular weight is 164 g/mol. The van der Waals surface area contributed by atoms with Gasteiger partial charge in [0.15, 0.2) is 0 Å². The van der Waals surface area contributed by atoms with E-state index in [1.54, 1.807) is 0 Å². The first-order valence-corrected chi connectivity index (χ1v) is 4.46. The number of aryl methyl sites for hydroxylation is 1. The highest BCUT2D eigenvalue weighted by Gasteiger charge is 2.55. The van der Waals surface area contributed by atoms with Crippen LogP contribution in [0.4, 0.5) is 0 Å². The molecule has 2 N–H and O–H groups in total. The lowest BCUT2D eigenvalue weighted by atomic mass is 10.2. The van der Waals surface area contributed by atoms with E-state index in [2.05, 4.69) is 20.7 Å².